The van der Waals surface area contributed by atoms with Gasteiger partial charge in [-0.1, -0.05) is 11.6 Å². The molecule has 0 unspecified atom stereocenters. The number of hydrogen-bond acceptors (Lipinski definition) is 7. The van der Waals surface area contributed by atoms with Crippen LogP contribution in [0, 0.1) is 17.7 Å². The van der Waals surface area contributed by atoms with Crippen LogP contribution in [0.1, 0.15) is 12.8 Å². The maximum Gasteiger partial charge on any atom is 0.266 e. The lowest BCUT2D eigenvalue weighted by Gasteiger charge is -2.17. The highest BCUT2D eigenvalue weighted by Crippen LogP contribution is 2.30. The lowest BCUT2D eigenvalue weighted by molar-refractivity contribution is 0.307. The van der Waals surface area contributed by atoms with E-state index < -0.39 is 20.7 Å². The van der Waals surface area contributed by atoms with Crippen molar-refractivity contribution < 1.29 is 12.8 Å². The molecule has 2 atom stereocenters. The minimum absolute atomic E-state index is 0.163. The second kappa shape index (κ2) is 9.35. The molecule has 7 nitrogen and oxygen atoms in total. The first-order valence-corrected chi connectivity index (χ1v) is 12.7. The van der Waals surface area contributed by atoms with Crippen LogP contribution in [0.5, 0.6) is 0 Å². The van der Waals surface area contributed by atoms with Crippen molar-refractivity contribution in [2.24, 2.45) is 11.8 Å². The van der Waals surface area contributed by atoms with Gasteiger partial charge in [-0.3, -0.25) is 4.72 Å². The summed E-state index contributed by atoms with van der Waals surface area (Å²) >= 11 is 7.32. The van der Waals surface area contributed by atoms with Gasteiger partial charge >= 0.3 is 0 Å². The highest BCUT2D eigenvalue weighted by Gasteiger charge is 2.35. The molecule has 0 saturated carbocycles. The molecule has 2 aliphatic heterocycles. The summed E-state index contributed by atoms with van der Waals surface area (Å²) in [5.74, 6) is 0.734. The molecule has 11 heteroatoms. The van der Waals surface area contributed by atoms with Crippen LogP contribution in [-0.4, -0.2) is 57.6 Å². The zero-order chi connectivity index (χ0) is 21.1. The van der Waals surface area contributed by atoms with E-state index in [1.54, 1.807) is 5.38 Å². The van der Waals surface area contributed by atoms with Gasteiger partial charge in [-0.05, 0) is 56.4 Å². The van der Waals surface area contributed by atoms with Crippen molar-refractivity contribution in [2.45, 2.75) is 17.7 Å². The van der Waals surface area contributed by atoms with E-state index in [1.165, 1.54) is 19.3 Å². The Morgan fingerprint density at radius 3 is 2.73 bits per heavy atom. The number of fused-ring (bicyclic) bond motifs is 1. The van der Waals surface area contributed by atoms with Crippen LogP contribution in [0.15, 0.2) is 28.6 Å². The molecule has 2 aromatic rings. The molecular formula is C19H25ClFN5O2S2. The number of anilines is 2. The predicted molar refractivity (Wildman–Crippen MR) is 118 cm³/mol. The summed E-state index contributed by atoms with van der Waals surface area (Å²) < 4.78 is 41.6. The number of sulfonamides is 1. The normalized spacial score (nSPS) is 21.7. The van der Waals surface area contributed by atoms with E-state index >= 15 is 0 Å². The fourth-order valence-corrected chi connectivity index (χ4v) is 6.30. The van der Waals surface area contributed by atoms with Gasteiger partial charge in [0, 0.05) is 31.2 Å². The van der Waals surface area contributed by atoms with Crippen LogP contribution in [0.25, 0.3) is 0 Å². The molecular weight excluding hydrogens is 449 g/mol. The van der Waals surface area contributed by atoms with Gasteiger partial charge in [0.15, 0.2) is 5.13 Å². The summed E-state index contributed by atoms with van der Waals surface area (Å²) in [6.45, 7) is 6.33. The molecule has 2 fully saturated rings. The zero-order valence-corrected chi connectivity index (χ0v) is 18.8. The standard InChI is InChI=1S/C19H25ClFN5O2S2/c20-15-7-18(30(27,28)25-19-24-4-6-29-19)16(21)8-17(15)23-3-1-2-5-26-11-13-9-22-10-14(13)12-26/h4,6-8,13-14,22-23H,1-3,5,9-12H2,(H,24,25)/t13-,14+. The molecule has 4 rings (SSSR count). The average Bonchev–Trinajstić information content (AvgIpc) is 3.41. The Hall–Kier alpha value is -1.46. The minimum atomic E-state index is -4.10. The maximum absolute atomic E-state index is 14.5. The van der Waals surface area contributed by atoms with Crippen LogP contribution >= 0.6 is 22.9 Å². The van der Waals surface area contributed by atoms with Gasteiger partial charge in [-0.25, -0.2) is 17.8 Å². The number of hydrogen-bond donors (Lipinski definition) is 3. The Morgan fingerprint density at radius 2 is 2.03 bits per heavy atom. The van der Waals surface area contributed by atoms with Crippen LogP contribution in [0.3, 0.4) is 0 Å². The topological polar surface area (TPSA) is 86.4 Å². The van der Waals surface area contributed by atoms with Crippen molar-refractivity contribution in [3.05, 3.63) is 34.5 Å². The van der Waals surface area contributed by atoms with Gasteiger partial charge in [0.1, 0.15) is 10.7 Å². The lowest BCUT2D eigenvalue weighted by Crippen LogP contribution is -2.27. The molecule has 0 aliphatic carbocycles. The van der Waals surface area contributed by atoms with Gasteiger partial charge in [-0.15, -0.1) is 11.3 Å². The van der Waals surface area contributed by atoms with Crippen molar-refractivity contribution in [1.29, 1.82) is 0 Å². The number of unbranched alkanes of at least 4 members (excludes halogenated alkanes) is 1. The SMILES string of the molecule is O=S(=O)(Nc1nccs1)c1cc(Cl)c(NCCCCN2C[C@H]3CNC[C@H]3C2)cc1F. The van der Waals surface area contributed by atoms with E-state index in [-0.39, 0.29) is 10.2 Å². The molecule has 2 saturated heterocycles. The molecule has 0 bridgehead atoms. The monoisotopic (exact) mass is 473 g/mol. The number of nitrogens with one attached hydrogen (secondary N) is 3. The molecule has 1 aromatic carbocycles. The van der Waals surface area contributed by atoms with Crippen molar-refractivity contribution in [3.8, 4) is 0 Å². The second-order valence-electron chi connectivity index (χ2n) is 7.78. The third kappa shape index (κ3) is 5.05. The summed E-state index contributed by atoms with van der Waals surface area (Å²) in [6.07, 6.45) is 3.43. The van der Waals surface area contributed by atoms with Crippen molar-refractivity contribution in [1.82, 2.24) is 15.2 Å². The molecule has 1 aromatic heterocycles. The Labute approximate surface area is 185 Å². The summed E-state index contributed by atoms with van der Waals surface area (Å²) in [6, 6.07) is 2.26. The lowest BCUT2D eigenvalue weighted by atomic mass is 10.0. The van der Waals surface area contributed by atoms with Gasteiger partial charge in [0.25, 0.3) is 10.0 Å². The summed E-state index contributed by atoms with van der Waals surface area (Å²) in [5.41, 5.74) is 0.393. The smallest absolute Gasteiger partial charge is 0.266 e. The Morgan fingerprint density at radius 1 is 1.27 bits per heavy atom. The van der Waals surface area contributed by atoms with E-state index in [9.17, 15) is 12.8 Å². The Bertz CT molecular complexity index is 962. The molecule has 0 amide bonds. The third-order valence-corrected chi connectivity index (χ3v) is 8.13. The molecule has 2 aliphatic rings. The maximum atomic E-state index is 14.5. The van der Waals surface area contributed by atoms with Crippen molar-refractivity contribution in [3.63, 3.8) is 0 Å². The Balaban J connectivity index is 1.27. The quantitative estimate of drug-likeness (QED) is 0.485. The van der Waals surface area contributed by atoms with Crippen molar-refractivity contribution >= 4 is 43.8 Å². The zero-order valence-electron chi connectivity index (χ0n) is 16.4. The fraction of sp³-hybridized carbons (Fsp3) is 0.526. The van der Waals surface area contributed by atoms with Crippen LogP contribution in [0.2, 0.25) is 5.02 Å². The summed E-state index contributed by atoms with van der Waals surface area (Å²) in [5, 5.41) is 8.53. The van der Waals surface area contributed by atoms with E-state index in [0.717, 1.165) is 67.8 Å². The number of rotatable bonds is 9. The predicted octanol–water partition coefficient (Wildman–Crippen LogP) is 3.08. The van der Waals surface area contributed by atoms with Gasteiger partial charge in [-0.2, -0.15) is 0 Å². The number of nitrogens with zero attached hydrogens (tertiary/aromatic N) is 2. The first-order chi connectivity index (χ1) is 14.4. The van der Waals surface area contributed by atoms with Crippen LogP contribution < -0.4 is 15.4 Å². The highest BCUT2D eigenvalue weighted by atomic mass is 35.5. The van der Waals surface area contributed by atoms with Crippen LogP contribution in [-0.2, 0) is 10.0 Å². The van der Waals surface area contributed by atoms with E-state index in [2.05, 4.69) is 25.2 Å². The molecule has 30 heavy (non-hydrogen) atoms. The minimum Gasteiger partial charge on any atom is -0.384 e. The fourth-order valence-electron chi connectivity index (χ4n) is 4.13. The first kappa shape index (κ1) is 21.8. The van der Waals surface area contributed by atoms with Gasteiger partial charge in [0.05, 0.1) is 10.7 Å². The number of aromatic nitrogens is 1. The number of benzene rings is 1. The summed E-state index contributed by atoms with van der Waals surface area (Å²) in [7, 11) is -4.10. The number of thiazole rings is 1. The molecule has 164 valence electrons. The van der Waals surface area contributed by atoms with Gasteiger partial charge in [0.2, 0.25) is 0 Å². The Kier molecular flexibility index (Phi) is 6.78. The first-order valence-electron chi connectivity index (χ1n) is 10.0. The van der Waals surface area contributed by atoms with Crippen LogP contribution in [0.4, 0.5) is 15.2 Å². The van der Waals surface area contributed by atoms with E-state index in [0.29, 0.717) is 12.2 Å². The average molecular weight is 474 g/mol. The third-order valence-electron chi connectivity index (χ3n) is 5.65. The van der Waals surface area contributed by atoms with E-state index in [1.807, 2.05) is 0 Å². The number of likely N-dealkylation sites (tertiary alicyclic amines) is 1. The van der Waals surface area contributed by atoms with Gasteiger partial charge < -0.3 is 15.5 Å². The molecule has 0 spiro atoms. The second-order valence-corrected chi connectivity index (χ2v) is 10.7. The molecule has 3 N–H and O–H groups in total. The molecule has 0 radical (unpaired) electrons. The molecule has 3 heterocycles. The highest BCUT2D eigenvalue weighted by molar-refractivity contribution is 7.93. The van der Waals surface area contributed by atoms with Crippen molar-refractivity contribution in [2.75, 3.05) is 49.3 Å². The van der Waals surface area contributed by atoms with E-state index in [4.69, 9.17) is 11.6 Å². The summed E-state index contributed by atoms with van der Waals surface area (Å²) in [4.78, 5) is 5.88. The largest absolute Gasteiger partial charge is 0.384 e. The number of halogens is 2.